The highest BCUT2D eigenvalue weighted by Crippen LogP contribution is 2.14. The molecule has 2 unspecified atom stereocenters. The zero-order valence-corrected chi connectivity index (χ0v) is 12.6. The largest absolute Gasteiger partial charge is 0.492 e. The van der Waals surface area contributed by atoms with Crippen LogP contribution in [0.3, 0.4) is 0 Å². The van der Waals surface area contributed by atoms with Gasteiger partial charge in [-0.3, -0.25) is 9.69 Å². The minimum Gasteiger partial charge on any atom is -0.492 e. The molecule has 1 heterocycles. The molecule has 0 radical (unpaired) electrons. The molecule has 0 spiro atoms. The van der Waals surface area contributed by atoms with Gasteiger partial charge in [-0.15, -0.1) is 0 Å². The zero-order valence-electron chi connectivity index (χ0n) is 12.6. The molecule has 1 N–H and O–H groups in total. The lowest BCUT2D eigenvalue weighted by atomic mass is 10.1. The molecule has 0 aromatic heterocycles. The summed E-state index contributed by atoms with van der Waals surface area (Å²) in [6.45, 7) is 7.43. The maximum absolute atomic E-state index is 10.6. The van der Waals surface area contributed by atoms with Crippen molar-refractivity contribution in [2.24, 2.45) is 0 Å². The van der Waals surface area contributed by atoms with Gasteiger partial charge in [0.15, 0.2) is 0 Å². The second-order valence-corrected chi connectivity index (χ2v) is 5.55. The zero-order chi connectivity index (χ0) is 15.2. The predicted molar refractivity (Wildman–Crippen MR) is 79.7 cm³/mol. The Morgan fingerprint density at radius 2 is 2.10 bits per heavy atom. The topological polar surface area (TPSA) is 59.0 Å². The van der Waals surface area contributed by atoms with Gasteiger partial charge >= 0.3 is 5.97 Å². The number of nitrogens with zero attached hydrogens (tertiary/aromatic N) is 1. The van der Waals surface area contributed by atoms with Crippen LogP contribution in [0.2, 0.25) is 0 Å². The van der Waals surface area contributed by atoms with E-state index in [-0.39, 0.29) is 12.5 Å². The summed E-state index contributed by atoms with van der Waals surface area (Å²) in [5, 5.41) is 8.72. The summed E-state index contributed by atoms with van der Waals surface area (Å²) < 4.78 is 11.3. The first-order valence-electron chi connectivity index (χ1n) is 7.34. The van der Waals surface area contributed by atoms with E-state index in [9.17, 15) is 4.79 Å². The first-order chi connectivity index (χ1) is 10.0. The lowest BCUT2D eigenvalue weighted by molar-refractivity contribution is -0.136. The average molecular weight is 293 g/mol. The third kappa shape index (κ3) is 5.02. The molecule has 2 atom stereocenters. The number of rotatable bonds is 6. The Morgan fingerprint density at radius 3 is 2.76 bits per heavy atom. The van der Waals surface area contributed by atoms with Crippen LogP contribution >= 0.6 is 0 Å². The van der Waals surface area contributed by atoms with Gasteiger partial charge in [-0.05, 0) is 31.5 Å². The Bertz CT molecular complexity index is 460. The lowest BCUT2D eigenvalue weighted by Crippen LogP contribution is -2.48. The van der Waals surface area contributed by atoms with Gasteiger partial charge in [0.1, 0.15) is 12.4 Å². The third-order valence-electron chi connectivity index (χ3n) is 3.66. The van der Waals surface area contributed by atoms with Crippen LogP contribution in [-0.2, 0) is 16.0 Å². The fraction of sp³-hybridized carbons (Fsp3) is 0.562. The Hall–Kier alpha value is -1.59. The van der Waals surface area contributed by atoms with Crippen molar-refractivity contribution in [3.8, 4) is 5.75 Å². The number of hydrogen-bond acceptors (Lipinski definition) is 4. The first kappa shape index (κ1) is 15.8. The molecule has 5 heteroatoms. The number of hydrogen-bond donors (Lipinski definition) is 1. The molecule has 0 amide bonds. The highest BCUT2D eigenvalue weighted by Gasteiger charge is 2.22. The molecule has 2 rings (SSSR count). The van der Waals surface area contributed by atoms with Crippen molar-refractivity contribution >= 4 is 5.97 Å². The van der Waals surface area contributed by atoms with Crippen LogP contribution in [0, 0.1) is 0 Å². The first-order valence-corrected chi connectivity index (χ1v) is 7.34. The molecule has 0 saturated carbocycles. The molecule has 1 aliphatic rings. The molecule has 1 aromatic carbocycles. The van der Waals surface area contributed by atoms with Gasteiger partial charge in [-0.25, -0.2) is 0 Å². The normalized spacial score (nSPS) is 23.0. The Balaban J connectivity index is 1.76. The van der Waals surface area contributed by atoms with Crippen molar-refractivity contribution in [1.29, 1.82) is 0 Å². The minimum atomic E-state index is -0.820. The highest BCUT2D eigenvalue weighted by molar-refractivity contribution is 5.70. The van der Waals surface area contributed by atoms with Crippen LogP contribution in [0.5, 0.6) is 5.75 Å². The molecule has 5 nitrogen and oxygen atoms in total. The number of carbonyl (C=O) groups is 1. The molecule has 1 saturated heterocycles. The molecule has 0 bridgehead atoms. The van der Waals surface area contributed by atoms with E-state index in [2.05, 4.69) is 18.7 Å². The number of aliphatic carboxylic acids is 1. The maximum Gasteiger partial charge on any atom is 0.307 e. The summed E-state index contributed by atoms with van der Waals surface area (Å²) >= 11 is 0. The van der Waals surface area contributed by atoms with Crippen molar-refractivity contribution in [2.75, 3.05) is 26.3 Å². The monoisotopic (exact) mass is 293 g/mol. The number of ether oxygens (including phenoxy) is 2. The van der Waals surface area contributed by atoms with Gasteiger partial charge < -0.3 is 14.6 Å². The van der Waals surface area contributed by atoms with Crippen molar-refractivity contribution in [3.05, 3.63) is 29.8 Å². The minimum absolute atomic E-state index is 0.0451. The van der Waals surface area contributed by atoms with E-state index in [0.717, 1.165) is 31.0 Å². The standard InChI is InChI=1S/C16H23NO4/c1-12-11-21-13(2)10-17(12)7-8-20-15-5-3-14(4-6-15)9-16(18)19/h3-6,12-13H,7-11H2,1-2H3,(H,18,19). The fourth-order valence-corrected chi connectivity index (χ4v) is 2.44. The van der Waals surface area contributed by atoms with Gasteiger partial charge in [-0.1, -0.05) is 12.1 Å². The van der Waals surface area contributed by atoms with Gasteiger partial charge in [-0.2, -0.15) is 0 Å². The number of carboxylic acids is 1. The van der Waals surface area contributed by atoms with Crippen molar-refractivity contribution in [1.82, 2.24) is 4.90 Å². The molecular weight excluding hydrogens is 270 g/mol. The van der Waals surface area contributed by atoms with E-state index in [1.54, 1.807) is 12.1 Å². The van der Waals surface area contributed by atoms with Gasteiger partial charge in [0.25, 0.3) is 0 Å². The summed E-state index contributed by atoms with van der Waals surface area (Å²) in [6, 6.07) is 7.65. The highest BCUT2D eigenvalue weighted by atomic mass is 16.5. The van der Waals surface area contributed by atoms with Crippen LogP contribution in [0.1, 0.15) is 19.4 Å². The molecule has 21 heavy (non-hydrogen) atoms. The SMILES string of the molecule is CC1CN(CCOc2ccc(CC(=O)O)cc2)C(C)CO1. The number of morpholine rings is 1. The molecule has 116 valence electrons. The number of carboxylic acid groups (broad SMARTS) is 1. The maximum atomic E-state index is 10.6. The van der Waals surface area contributed by atoms with Crippen LogP contribution in [0.15, 0.2) is 24.3 Å². The van der Waals surface area contributed by atoms with Crippen LogP contribution in [0.4, 0.5) is 0 Å². The average Bonchev–Trinajstić information content (AvgIpc) is 2.44. The molecule has 1 fully saturated rings. The van der Waals surface area contributed by atoms with E-state index in [1.165, 1.54) is 0 Å². The second-order valence-electron chi connectivity index (χ2n) is 5.55. The van der Waals surface area contributed by atoms with E-state index in [4.69, 9.17) is 14.6 Å². The second kappa shape index (κ2) is 7.43. The van der Waals surface area contributed by atoms with Crippen LogP contribution < -0.4 is 4.74 Å². The Morgan fingerprint density at radius 1 is 1.38 bits per heavy atom. The Kier molecular flexibility index (Phi) is 5.59. The summed E-state index contributed by atoms with van der Waals surface area (Å²) in [4.78, 5) is 13.0. The fourth-order valence-electron chi connectivity index (χ4n) is 2.44. The molecule has 1 aliphatic heterocycles. The van der Waals surface area contributed by atoms with Crippen LogP contribution in [0.25, 0.3) is 0 Å². The number of benzene rings is 1. The summed E-state index contributed by atoms with van der Waals surface area (Å²) in [5.74, 6) is -0.0443. The third-order valence-corrected chi connectivity index (χ3v) is 3.66. The van der Waals surface area contributed by atoms with Gasteiger partial charge in [0, 0.05) is 19.1 Å². The van der Waals surface area contributed by atoms with Crippen molar-refractivity contribution < 1.29 is 19.4 Å². The van der Waals surface area contributed by atoms with Crippen molar-refractivity contribution in [3.63, 3.8) is 0 Å². The van der Waals surface area contributed by atoms with E-state index >= 15 is 0 Å². The van der Waals surface area contributed by atoms with Gasteiger partial charge in [0.2, 0.25) is 0 Å². The lowest BCUT2D eigenvalue weighted by Gasteiger charge is -2.36. The van der Waals surface area contributed by atoms with Gasteiger partial charge in [0.05, 0.1) is 19.1 Å². The molecule has 0 aliphatic carbocycles. The smallest absolute Gasteiger partial charge is 0.307 e. The molecule has 1 aromatic rings. The summed E-state index contributed by atoms with van der Waals surface area (Å²) in [6.07, 6.45) is 0.320. The van der Waals surface area contributed by atoms with Crippen LogP contribution in [-0.4, -0.2) is 54.4 Å². The predicted octanol–water partition coefficient (Wildman–Crippen LogP) is 1.80. The quantitative estimate of drug-likeness (QED) is 0.866. The summed E-state index contributed by atoms with van der Waals surface area (Å²) in [7, 11) is 0. The van der Waals surface area contributed by atoms with E-state index in [0.29, 0.717) is 12.6 Å². The van der Waals surface area contributed by atoms with E-state index in [1.807, 2.05) is 12.1 Å². The summed E-state index contributed by atoms with van der Waals surface area (Å²) in [5.41, 5.74) is 0.783. The van der Waals surface area contributed by atoms with Crippen molar-refractivity contribution in [2.45, 2.75) is 32.4 Å². The van der Waals surface area contributed by atoms with E-state index < -0.39 is 5.97 Å². The Labute approximate surface area is 125 Å². The molecular formula is C16H23NO4.